The van der Waals surface area contributed by atoms with Crippen LogP contribution in [-0.2, 0) is 0 Å². The number of fused-ring (bicyclic) bond motifs is 5. The number of nitrogens with zero attached hydrogens (tertiary/aromatic N) is 15. The van der Waals surface area contributed by atoms with Gasteiger partial charge in [-0.25, -0.2) is 0 Å². The summed E-state index contributed by atoms with van der Waals surface area (Å²) in [5.41, 5.74) is 37.3. The molecule has 15 nitrogen and oxygen atoms in total. The van der Waals surface area contributed by atoms with Gasteiger partial charge in [0.1, 0.15) is 30.8 Å². The molecule has 0 spiro atoms. The zero-order valence-corrected chi connectivity index (χ0v) is 83.3. The van der Waals surface area contributed by atoms with Crippen molar-refractivity contribution >= 4 is 96.7 Å². The van der Waals surface area contributed by atoms with E-state index in [0.29, 0.717) is 46.7 Å². The van der Waals surface area contributed by atoms with E-state index >= 15 is 0 Å². The maximum absolute atomic E-state index is 9.63. The number of hydrogen-bond donors (Lipinski definition) is 0. The van der Waals surface area contributed by atoms with Crippen molar-refractivity contribution in [1.82, 2.24) is 0 Å². The number of hydrogen-bond acceptors (Lipinski definition) is 15. The van der Waals surface area contributed by atoms with Crippen LogP contribution in [0, 0.1) is 91.3 Å². The molecule has 21 rings (SSSR count). The van der Waals surface area contributed by atoms with Crippen molar-refractivity contribution in [2.45, 2.75) is 229 Å². The lowest BCUT2D eigenvalue weighted by atomic mass is 9.91. The van der Waals surface area contributed by atoms with Crippen LogP contribution in [0.4, 0.5) is 96.7 Å². The summed E-state index contributed by atoms with van der Waals surface area (Å²) in [5, 5.41) is 47.0. The molecule has 2 aliphatic carbocycles. The van der Waals surface area contributed by atoms with Crippen molar-refractivity contribution in [1.29, 1.82) is 26.3 Å². The largest absolute Gasteiger partial charge is 0.347 e. The monoisotopic (exact) mass is 1830 g/mol. The average Bonchev–Trinajstić information content (AvgIpc) is 1.59. The Morgan fingerprint density at radius 1 is 0.237 bits per heavy atom. The summed E-state index contributed by atoms with van der Waals surface area (Å²) >= 11 is 0. The number of anilines is 17. The van der Waals surface area contributed by atoms with Gasteiger partial charge >= 0.3 is 0 Å². The predicted molar refractivity (Wildman–Crippen MR) is 578 cm³/mol. The summed E-state index contributed by atoms with van der Waals surface area (Å²) < 4.78 is 0. The zero-order chi connectivity index (χ0) is 97.6. The van der Waals surface area contributed by atoms with Gasteiger partial charge in [0.25, 0.3) is 0 Å². The molecule has 0 bridgehead atoms. The maximum atomic E-state index is 9.63. The van der Waals surface area contributed by atoms with Gasteiger partial charge in [0.05, 0.1) is 126 Å². The van der Waals surface area contributed by atoms with Crippen LogP contribution in [0.3, 0.4) is 0 Å². The van der Waals surface area contributed by atoms with Gasteiger partial charge in [-0.15, -0.1) is 0 Å². The van der Waals surface area contributed by atoms with E-state index in [4.69, 9.17) is 0 Å². The van der Waals surface area contributed by atoms with Crippen LogP contribution in [0.15, 0.2) is 309 Å². The highest BCUT2D eigenvalue weighted by Gasteiger charge is 2.44. The Labute approximate surface area is 824 Å². The molecule has 14 aromatic rings. The summed E-state index contributed by atoms with van der Waals surface area (Å²) in [4.78, 5) is 24.5. The van der Waals surface area contributed by atoms with Gasteiger partial charge in [-0.1, -0.05) is 248 Å². The second-order valence-electron chi connectivity index (χ2n) is 38.8. The van der Waals surface area contributed by atoms with Gasteiger partial charge < -0.3 is 49.0 Å². The molecule has 0 amide bonds. The summed E-state index contributed by atoms with van der Waals surface area (Å²) in [5.74, 6) is 0.844. The first-order valence-corrected chi connectivity index (χ1v) is 49.7. The molecule has 15 heteroatoms. The molecular formula is C124H127N15. The van der Waals surface area contributed by atoms with E-state index in [2.05, 4.69) is 421 Å². The Morgan fingerprint density at radius 2 is 0.489 bits per heavy atom. The van der Waals surface area contributed by atoms with Crippen LogP contribution in [0.2, 0.25) is 0 Å². The second-order valence-corrected chi connectivity index (χ2v) is 38.8. The topological polar surface area (TPSA) is 151 Å². The molecule has 139 heavy (non-hydrogen) atoms. The third-order valence-corrected chi connectivity index (χ3v) is 29.1. The molecule has 14 aromatic carbocycles. The first kappa shape index (κ1) is 95.3. The Morgan fingerprint density at radius 3 is 0.799 bits per heavy atom. The molecule has 0 aromatic heterocycles. The molecule has 5 heterocycles. The lowest BCUT2D eigenvalue weighted by molar-refractivity contribution is 0.400. The fraction of sp³-hybridized carbons (Fsp3) is 0.282. The summed E-state index contributed by atoms with van der Waals surface area (Å²) in [6.07, 6.45) is 12.7. The molecule has 5 atom stereocenters. The third kappa shape index (κ3) is 18.6. The van der Waals surface area contributed by atoms with E-state index in [1.807, 2.05) is 78.9 Å². The molecule has 698 valence electrons. The molecule has 5 aliphatic heterocycles. The average molecular weight is 1830 g/mol. The fourth-order valence-corrected chi connectivity index (χ4v) is 22.5. The summed E-state index contributed by atoms with van der Waals surface area (Å²) in [6, 6.07) is 121. The smallest absolute Gasteiger partial charge is 0.108 e. The molecule has 7 aliphatic rings. The van der Waals surface area contributed by atoms with Crippen molar-refractivity contribution in [3.8, 4) is 52.6 Å². The van der Waals surface area contributed by atoms with Crippen LogP contribution < -0.4 is 49.0 Å². The van der Waals surface area contributed by atoms with Gasteiger partial charge in [-0.3, -0.25) is 0 Å². The molecule has 2 fully saturated rings. The van der Waals surface area contributed by atoms with E-state index in [-0.39, 0.29) is 30.8 Å². The fourth-order valence-electron chi connectivity index (χ4n) is 22.5. The lowest BCUT2D eigenvalue weighted by Crippen LogP contribution is -2.45. The van der Waals surface area contributed by atoms with Gasteiger partial charge in [0, 0.05) is 57.7 Å². The van der Waals surface area contributed by atoms with Gasteiger partial charge in [0.15, 0.2) is 0 Å². The highest BCUT2D eigenvalue weighted by Crippen LogP contribution is 2.57. The molecule has 2 saturated carbocycles. The summed E-state index contributed by atoms with van der Waals surface area (Å²) in [7, 11) is 0. The molecule has 0 N–H and O–H groups in total. The minimum Gasteiger partial charge on any atom is -0.347 e. The van der Waals surface area contributed by atoms with Crippen LogP contribution >= 0.6 is 0 Å². The van der Waals surface area contributed by atoms with Crippen molar-refractivity contribution in [2.75, 3.05) is 49.0 Å². The Kier molecular flexibility index (Phi) is 28.5. The first-order valence-electron chi connectivity index (χ1n) is 49.7. The van der Waals surface area contributed by atoms with E-state index in [0.717, 1.165) is 56.5 Å². The van der Waals surface area contributed by atoms with E-state index in [9.17, 15) is 26.3 Å². The number of rotatable bonds is 14. The molecule has 0 radical (unpaired) electrons. The van der Waals surface area contributed by atoms with E-state index in [1.165, 1.54) is 170 Å². The van der Waals surface area contributed by atoms with Crippen molar-refractivity contribution in [2.24, 2.45) is 0 Å². The first-order chi connectivity index (χ1) is 67.5. The van der Waals surface area contributed by atoms with Crippen molar-refractivity contribution < 1.29 is 0 Å². The second kappa shape index (κ2) is 41.6. The van der Waals surface area contributed by atoms with Gasteiger partial charge in [-0.2, -0.15) is 26.3 Å². The van der Waals surface area contributed by atoms with E-state index < -0.39 is 0 Å². The Bertz CT molecular complexity index is 6950. The molecular weight excluding hydrogens is 1700 g/mol. The van der Waals surface area contributed by atoms with Gasteiger partial charge in [-0.05, 0) is 292 Å². The zero-order valence-electron chi connectivity index (χ0n) is 83.3. The highest BCUT2D eigenvalue weighted by molar-refractivity contribution is 6.00. The van der Waals surface area contributed by atoms with Crippen LogP contribution in [0.1, 0.15) is 213 Å². The predicted octanol–water partition coefficient (Wildman–Crippen LogP) is 31.8. The Balaban J connectivity index is 0.000000122. The standard InChI is InChI=1S/C34H27N3.C28H31N3.C22H25N3.C21H23N3.C19H21N3/c1-24-20-21-26(23-35)22-33(24)36-25(2)37(32-19-10-9-18-31(32)36)34-29(27-12-5-3-6-13-27)16-11-17-30(34)28-14-7-4-8-15-28;1-18(2)23-10-9-11-24(19(3)4)28(23)31-21(6)30(25-12-7-8-13-26(25)31)27-16-22(17-29)15-14-20(27)5;1-16-12-13-18(15-23)14-22(16)25-17(2)24(19-8-4-3-5-9-19)20-10-6-7-11-21(20)25;1-15-11-12-17(14-22)13-21(15)24-16(2)23(18-7-3-4-8-18)19-9-5-6-10-20(19)24;1-13(2)21-15(4)22(18-8-6-5-7-17(18)21)19-11-16(12-20)10-9-14(19)3/h3-22,25H,1-2H3;7-16,18-19,21H,1-6H3;6-7,10-14,17,19H,3-5,8-9H2,1-2H3;5-6,9-13,16,18H,3-4,7-8H2,1-2H3;5-11,13,15H,1-4H3/t25-;21-;17-;16-;15-/m00111/s1. The van der Waals surface area contributed by atoms with Gasteiger partial charge in [0.2, 0.25) is 0 Å². The van der Waals surface area contributed by atoms with Crippen LogP contribution in [0.5, 0.6) is 0 Å². The SMILES string of the molecule is Cc1ccc(C#N)cc1N1c2ccccc2N(C(C)C)[C@H]1C.Cc1ccc(C#N)cc1N1c2ccccc2N(C2CCCC2)[C@H]1C.Cc1ccc(C#N)cc1N1c2ccccc2N(C2CCCCC2)[C@H]1C.Cc1ccc(C#N)cc1N1c2ccccc2N(c2c(-c3ccccc3)cccc2-c2ccccc2)[C@H]1C.Cc1ccc(C#N)cc1N1c2ccccc2N(c2c(C(C)C)cccc2C(C)C)[C@H]1C. The molecule has 0 unspecified atom stereocenters. The number of nitriles is 5. The van der Waals surface area contributed by atoms with Crippen molar-refractivity contribution in [3.63, 3.8) is 0 Å². The van der Waals surface area contributed by atoms with Crippen LogP contribution in [0.25, 0.3) is 22.3 Å². The van der Waals surface area contributed by atoms with Crippen molar-refractivity contribution in [3.05, 3.63) is 376 Å². The maximum Gasteiger partial charge on any atom is 0.108 e. The minimum absolute atomic E-state index is 0.0163. The molecule has 0 saturated heterocycles. The highest BCUT2D eigenvalue weighted by atomic mass is 15.5. The minimum atomic E-state index is -0.0163. The number of benzene rings is 14. The van der Waals surface area contributed by atoms with Crippen LogP contribution in [-0.4, -0.2) is 49.0 Å². The lowest BCUT2D eigenvalue weighted by Gasteiger charge is -2.38. The number of aryl methyl sites for hydroxylation is 5. The van der Waals surface area contributed by atoms with E-state index in [1.54, 1.807) is 0 Å². The Hall–Kier alpha value is -15.5. The number of para-hydroxylation sites is 12. The third-order valence-electron chi connectivity index (χ3n) is 29.1. The summed E-state index contributed by atoms with van der Waals surface area (Å²) in [6.45, 7) is 35.4. The normalized spacial score (nSPS) is 17.1. The quantitative estimate of drug-likeness (QED) is 0.101.